The van der Waals surface area contributed by atoms with Crippen LogP contribution in [0.2, 0.25) is 0 Å². The molecule has 1 N–H and O–H groups in total. The highest BCUT2D eigenvalue weighted by Gasteiger charge is 1.98. The van der Waals surface area contributed by atoms with Crippen molar-refractivity contribution in [1.29, 1.82) is 0 Å². The molecule has 0 aromatic carbocycles. The molecule has 1 aromatic heterocycles. The molecule has 0 aliphatic rings. The van der Waals surface area contributed by atoms with Gasteiger partial charge in [0.2, 0.25) is 0 Å². The quantitative estimate of drug-likeness (QED) is 0.745. The molecule has 11 heavy (non-hydrogen) atoms. The standard InChI is InChI=1S/C8H14N2S/c1-3-4-8-10-7(5-9-2)6-11-8/h6,9H,3-5H2,1-2H3. The van der Waals surface area contributed by atoms with Crippen LogP contribution in [0.4, 0.5) is 0 Å². The molecule has 0 aliphatic heterocycles. The SMILES string of the molecule is CCCc1nc(CNC)cs1. The van der Waals surface area contributed by atoms with E-state index in [1.165, 1.54) is 17.1 Å². The zero-order chi connectivity index (χ0) is 8.10. The molecule has 0 saturated carbocycles. The monoisotopic (exact) mass is 170 g/mol. The van der Waals surface area contributed by atoms with Crippen molar-refractivity contribution < 1.29 is 0 Å². The molecule has 0 unspecified atom stereocenters. The maximum atomic E-state index is 4.45. The van der Waals surface area contributed by atoms with Gasteiger partial charge < -0.3 is 5.32 Å². The van der Waals surface area contributed by atoms with E-state index in [0.717, 1.165) is 13.0 Å². The smallest absolute Gasteiger partial charge is 0.0928 e. The van der Waals surface area contributed by atoms with Gasteiger partial charge in [-0.15, -0.1) is 11.3 Å². The molecule has 0 spiro atoms. The van der Waals surface area contributed by atoms with Crippen LogP contribution in [0.15, 0.2) is 5.38 Å². The maximum absolute atomic E-state index is 4.45. The minimum Gasteiger partial charge on any atom is -0.314 e. The highest BCUT2D eigenvalue weighted by atomic mass is 32.1. The second kappa shape index (κ2) is 4.46. The average Bonchev–Trinajstić information content (AvgIpc) is 2.38. The summed E-state index contributed by atoms with van der Waals surface area (Å²) in [7, 11) is 1.94. The van der Waals surface area contributed by atoms with Crippen LogP contribution < -0.4 is 5.32 Å². The second-order valence-electron chi connectivity index (χ2n) is 2.51. The fourth-order valence-electron chi connectivity index (χ4n) is 0.940. The first-order valence-corrected chi connectivity index (χ1v) is 4.82. The van der Waals surface area contributed by atoms with Crippen LogP contribution in [0.25, 0.3) is 0 Å². The molecule has 0 amide bonds. The van der Waals surface area contributed by atoms with E-state index in [4.69, 9.17) is 0 Å². The molecule has 0 saturated heterocycles. The van der Waals surface area contributed by atoms with Gasteiger partial charge in [0.15, 0.2) is 0 Å². The minimum atomic E-state index is 0.889. The Bertz CT molecular complexity index is 187. The van der Waals surface area contributed by atoms with E-state index < -0.39 is 0 Å². The summed E-state index contributed by atoms with van der Waals surface area (Å²) in [5, 5.41) is 6.47. The van der Waals surface area contributed by atoms with Gasteiger partial charge in [-0.1, -0.05) is 6.92 Å². The Balaban J connectivity index is 2.51. The molecule has 62 valence electrons. The Morgan fingerprint density at radius 2 is 2.45 bits per heavy atom. The second-order valence-corrected chi connectivity index (χ2v) is 3.46. The lowest BCUT2D eigenvalue weighted by atomic mass is 10.3. The molecule has 1 aromatic rings. The van der Waals surface area contributed by atoms with Gasteiger partial charge in [0, 0.05) is 11.9 Å². The molecule has 0 fully saturated rings. The summed E-state index contributed by atoms with van der Waals surface area (Å²) in [4.78, 5) is 4.45. The van der Waals surface area contributed by atoms with Crippen molar-refractivity contribution >= 4 is 11.3 Å². The summed E-state index contributed by atoms with van der Waals surface area (Å²) in [6.07, 6.45) is 2.31. The normalized spacial score (nSPS) is 10.4. The highest BCUT2D eigenvalue weighted by molar-refractivity contribution is 7.09. The van der Waals surface area contributed by atoms with E-state index in [1.54, 1.807) is 11.3 Å². The van der Waals surface area contributed by atoms with Crippen LogP contribution in [0, 0.1) is 0 Å². The molecule has 0 radical (unpaired) electrons. The van der Waals surface area contributed by atoms with Gasteiger partial charge in [-0.2, -0.15) is 0 Å². The van der Waals surface area contributed by atoms with Crippen molar-refractivity contribution in [1.82, 2.24) is 10.3 Å². The lowest BCUT2D eigenvalue weighted by molar-refractivity contribution is 0.787. The Morgan fingerprint density at radius 1 is 1.64 bits per heavy atom. The summed E-state index contributed by atoms with van der Waals surface area (Å²) in [6, 6.07) is 0. The van der Waals surface area contributed by atoms with Gasteiger partial charge in [-0.05, 0) is 19.9 Å². The average molecular weight is 170 g/mol. The molecule has 3 heteroatoms. The molecule has 0 bridgehead atoms. The Hall–Kier alpha value is -0.410. The fraction of sp³-hybridized carbons (Fsp3) is 0.625. The van der Waals surface area contributed by atoms with Crippen molar-refractivity contribution in [2.45, 2.75) is 26.3 Å². The lowest BCUT2D eigenvalue weighted by Gasteiger charge is -1.91. The first kappa shape index (κ1) is 8.68. The van der Waals surface area contributed by atoms with Crippen molar-refractivity contribution in [2.24, 2.45) is 0 Å². The number of aryl methyl sites for hydroxylation is 1. The number of thiazole rings is 1. The number of hydrogen-bond donors (Lipinski definition) is 1. The Morgan fingerprint density at radius 3 is 3.09 bits per heavy atom. The number of nitrogens with one attached hydrogen (secondary N) is 1. The van der Waals surface area contributed by atoms with Gasteiger partial charge in [-0.25, -0.2) is 4.98 Å². The predicted molar refractivity (Wildman–Crippen MR) is 48.9 cm³/mol. The van der Waals surface area contributed by atoms with Gasteiger partial charge in [0.1, 0.15) is 0 Å². The van der Waals surface area contributed by atoms with E-state index in [1.807, 2.05) is 7.05 Å². The molecule has 1 rings (SSSR count). The zero-order valence-electron chi connectivity index (χ0n) is 7.05. The van der Waals surface area contributed by atoms with Crippen LogP contribution in [0.1, 0.15) is 24.0 Å². The maximum Gasteiger partial charge on any atom is 0.0928 e. The van der Waals surface area contributed by atoms with Gasteiger partial charge in [0.25, 0.3) is 0 Å². The van der Waals surface area contributed by atoms with Crippen LogP contribution in [0.3, 0.4) is 0 Å². The summed E-state index contributed by atoms with van der Waals surface area (Å²) in [5.74, 6) is 0. The fourth-order valence-corrected chi connectivity index (χ4v) is 1.84. The third-order valence-corrected chi connectivity index (χ3v) is 2.38. The van der Waals surface area contributed by atoms with Gasteiger partial charge in [0.05, 0.1) is 10.7 Å². The summed E-state index contributed by atoms with van der Waals surface area (Å²) < 4.78 is 0. The van der Waals surface area contributed by atoms with Crippen LogP contribution in [-0.2, 0) is 13.0 Å². The number of nitrogens with zero attached hydrogens (tertiary/aromatic N) is 1. The molecule has 2 nitrogen and oxygen atoms in total. The first-order chi connectivity index (χ1) is 5.36. The first-order valence-electron chi connectivity index (χ1n) is 3.94. The topological polar surface area (TPSA) is 24.9 Å². The summed E-state index contributed by atoms with van der Waals surface area (Å²) in [5.41, 5.74) is 1.17. The third kappa shape index (κ3) is 2.60. The molecular formula is C8H14N2S. The van der Waals surface area contributed by atoms with E-state index in [-0.39, 0.29) is 0 Å². The summed E-state index contributed by atoms with van der Waals surface area (Å²) in [6.45, 7) is 3.07. The number of aromatic nitrogens is 1. The van der Waals surface area contributed by atoms with Crippen LogP contribution >= 0.6 is 11.3 Å². The summed E-state index contributed by atoms with van der Waals surface area (Å²) >= 11 is 1.76. The highest BCUT2D eigenvalue weighted by Crippen LogP contribution is 2.10. The van der Waals surface area contributed by atoms with E-state index in [0.29, 0.717) is 0 Å². The van der Waals surface area contributed by atoms with Gasteiger partial charge in [-0.3, -0.25) is 0 Å². The number of rotatable bonds is 4. The number of hydrogen-bond acceptors (Lipinski definition) is 3. The van der Waals surface area contributed by atoms with Crippen molar-refractivity contribution in [3.63, 3.8) is 0 Å². The van der Waals surface area contributed by atoms with Gasteiger partial charge >= 0.3 is 0 Å². The molecule has 0 aliphatic carbocycles. The van der Waals surface area contributed by atoms with E-state index >= 15 is 0 Å². The van der Waals surface area contributed by atoms with E-state index in [2.05, 4.69) is 22.6 Å². The van der Waals surface area contributed by atoms with Crippen LogP contribution in [-0.4, -0.2) is 12.0 Å². The Labute approximate surface area is 71.7 Å². The van der Waals surface area contributed by atoms with E-state index in [9.17, 15) is 0 Å². The molecule has 0 atom stereocenters. The Kier molecular flexibility index (Phi) is 3.52. The molecular weight excluding hydrogens is 156 g/mol. The zero-order valence-corrected chi connectivity index (χ0v) is 7.87. The van der Waals surface area contributed by atoms with Crippen molar-refractivity contribution in [3.05, 3.63) is 16.1 Å². The minimum absolute atomic E-state index is 0.889. The largest absolute Gasteiger partial charge is 0.314 e. The van der Waals surface area contributed by atoms with Crippen LogP contribution in [0.5, 0.6) is 0 Å². The predicted octanol–water partition coefficient (Wildman–Crippen LogP) is 1.81. The lowest BCUT2D eigenvalue weighted by Crippen LogP contribution is -2.05. The molecule has 1 heterocycles. The van der Waals surface area contributed by atoms with Crippen molar-refractivity contribution in [3.8, 4) is 0 Å². The third-order valence-electron chi connectivity index (χ3n) is 1.42. The van der Waals surface area contributed by atoms with Crippen molar-refractivity contribution in [2.75, 3.05) is 7.05 Å².